The summed E-state index contributed by atoms with van der Waals surface area (Å²) in [6, 6.07) is 3.21. The Kier molecular flexibility index (Phi) is 3.69. The molecule has 0 bridgehead atoms. The third kappa shape index (κ3) is 3.12. The number of nitrogens with zero attached hydrogens (tertiary/aromatic N) is 1. The third-order valence-electron chi connectivity index (χ3n) is 3.25. The smallest absolute Gasteiger partial charge is 0.251 e. The quantitative estimate of drug-likeness (QED) is 0.807. The number of rotatable bonds is 5. The topological polar surface area (TPSA) is 77.1 Å². The predicted molar refractivity (Wildman–Crippen MR) is 70.1 cm³/mol. The van der Waals surface area contributed by atoms with Gasteiger partial charge in [-0.1, -0.05) is 13.3 Å². The Morgan fingerprint density at radius 1 is 1.56 bits per heavy atom. The van der Waals surface area contributed by atoms with Crippen LogP contribution in [0.4, 0.5) is 5.69 Å². The lowest BCUT2D eigenvalue weighted by atomic mass is 10.2. The molecule has 0 spiro atoms. The summed E-state index contributed by atoms with van der Waals surface area (Å²) in [5, 5.41) is 2.94. The van der Waals surface area contributed by atoms with E-state index >= 15 is 0 Å². The van der Waals surface area contributed by atoms with Crippen molar-refractivity contribution in [2.24, 2.45) is 5.92 Å². The second-order valence-corrected chi connectivity index (χ2v) is 4.89. The van der Waals surface area contributed by atoms with E-state index in [9.17, 15) is 9.59 Å². The Labute approximate surface area is 106 Å². The number of nitrogen functional groups attached to an aromatic ring is 1. The van der Waals surface area contributed by atoms with Crippen molar-refractivity contribution in [2.45, 2.75) is 38.8 Å². The predicted octanol–water partition coefficient (Wildman–Crippen LogP) is 0.735. The van der Waals surface area contributed by atoms with Crippen molar-refractivity contribution in [1.29, 1.82) is 0 Å². The maximum Gasteiger partial charge on any atom is 0.251 e. The number of amides is 1. The van der Waals surface area contributed by atoms with Crippen LogP contribution in [0.15, 0.2) is 23.1 Å². The van der Waals surface area contributed by atoms with E-state index in [0.717, 1.165) is 19.3 Å². The van der Waals surface area contributed by atoms with Gasteiger partial charge in [-0.2, -0.15) is 0 Å². The van der Waals surface area contributed by atoms with E-state index in [0.29, 0.717) is 17.6 Å². The molecule has 1 aromatic heterocycles. The van der Waals surface area contributed by atoms with Gasteiger partial charge in [0, 0.05) is 24.0 Å². The molecule has 5 heteroatoms. The monoisotopic (exact) mass is 249 g/mol. The van der Waals surface area contributed by atoms with Crippen molar-refractivity contribution < 1.29 is 4.79 Å². The molecule has 0 radical (unpaired) electrons. The van der Waals surface area contributed by atoms with Gasteiger partial charge in [0.2, 0.25) is 5.91 Å². The van der Waals surface area contributed by atoms with Crippen LogP contribution in [0.5, 0.6) is 0 Å². The van der Waals surface area contributed by atoms with Gasteiger partial charge in [0.05, 0.1) is 0 Å². The molecule has 1 aliphatic rings. The molecule has 5 nitrogen and oxygen atoms in total. The van der Waals surface area contributed by atoms with E-state index < -0.39 is 0 Å². The molecule has 1 aliphatic carbocycles. The van der Waals surface area contributed by atoms with Gasteiger partial charge < -0.3 is 15.6 Å². The van der Waals surface area contributed by atoms with Crippen LogP contribution in [-0.2, 0) is 11.3 Å². The lowest BCUT2D eigenvalue weighted by molar-refractivity contribution is -0.121. The second-order valence-electron chi connectivity index (χ2n) is 4.89. The summed E-state index contributed by atoms with van der Waals surface area (Å²) in [6.45, 7) is 2.18. The second kappa shape index (κ2) is 5.25. The number of pyridine rings is 1. The molecule has 1 saturated carbocycles. The molecule has 2 unspecified atom stereocenters. The third-order valence-corrected chi connectivity index (χ3v) is 3.25. The van der Waals surface area contributed by atoms with Gasteiger partial charge in [-0.25, -0.2) is 0 Å². The van der Waals surface area contributed by atoms with E-state index in [1.54, 1.807) is 0 Å². The summed E-state index contributed by atoms with van der Waals surface area (Å²) >= 11 is 0. The largest absolute Gasteiger partial charge is 0.398 e. The van der Waals surface area contributed by atoms with E-state index in [2.05, 4.69) is 12.2 Å². The molecule has 2 rings (SSSR count). The lowest BCUT2D eigenvalue weighted by Gasteiger charge is -2.07. The number of carbonyl (C=O) groups is 1. The Bertz CT molecular complexity index is 495. The van der Waals surface area contributed by atoms with Crippen LogP contribution in [-0.4, -0.2) is 16.5 Å². The maximum absolute atomic E-state index is 11.8. The zero-order valence-electron chi connectivity index (χ0n) is 10.6. The van der Waals surface area contributed by atoms with Crippen molar-refractivity contribution in [3.05, 3.63) is 28.7 Å². The highest BCUT2D eigenvalue weighted by molar-refractivity contribution is 5.76. The molecule has 3 N–H and O–H groups in total. The van der Waals surface area contributed by atoms with Gasteiger partial charge in [-0.05, 0) is 24.8 Å². The van der Waals surface area contributed by atoms with Gasteiger partial charge in [0.15, 0.2) is 0 Å². The molecule has 0 saturated heterocycles. The number of anilines is 1. The number of carbonyl (C=O) groups excluding carboxylic acids is 1. The fourth-order valence-electron chi connectivity index (χ4n) is 2.19. The fraction of sp³-hybridized carbons (Fsp3) is 0.538. The first kappa shape index (κ1) is 12.7. The van der Waals surface area contributed by atoms with Gasteiger partial charge in [0.25, 0.3) is 5.56 Å². The zero-order valence-corrected chi connectivity index (χ0v) is 10.6. The molecular weight excluding hydrogens is 230 g/mol. The SMILES string of the molecule is CCCC1CC1NC(=O)Cn1cc(N)ccc1=O. The minimum atomic E-state index is -0.208. The van der Waals surface area contributed by atoms with Crippen LogP contribution in [0.3, 0.4) is 0 Å². The van der Waals surface area contributed by atoms with Gasteiger partial charge in [-0.3, -0.25) is 9.59 Å². The average molecular weight is 249 g/mol. The lowest BCUT2D eigenvalue weighted by Crippen LogP contribution is -2.33. The fourth-order valence-corrected chi connectivity index (χ4v) is 2.19. The van der Waals surface area contributed by atoms with Crippen LogP contribution in [0.25, 0.3) is 0 Å². The standard InChI is InChI=1S/C13H19N3O2/c1-2-3-9-6-11(9)15-12(17)8-16-7-10(14)4-5-13(16)18/h4-5,7,9,11H,2-3,6,8,14H2,1H3,(H,15,17). The molecule has 1 aromatic rings. The maximum atomic E-state index is 11.8. The Balaban J connectivity index is 1.88. The molecule has 2 atom stereocenters. The van der Waals surface area contributed by atoms with Crippen LogP contribution >= 0.6 is 0 Å². The molecule has 1 heterocycles. The van der Waals surface area contributed by atoms with Gasteiger partial charge >= 0.3 is 0 Å². The number of hydrogen-bond acceptors (Lipinski definition) is 3. The number of hydrogen-bond donors (Lipinski definition) is 2. The normalized spacial score (nSPS) is 21.6. The minimum Gasteiger partial charge on any atom is -0.398 e. The highest BCUT2D eigenvalue weighted by Gasteiger charge is 2.36. The first-order valence-electron chi connectivity index (χ1n) is 6.35. The first-order valence-corrected chi connectivity index (χ1v) is 6.35. The molecule has 1 fully saturated rings. The number of aromatic nitrogens is 1. The summed E-state index contributed by atoms with van der Waals surface area (Å²) in [5.74, 6) is 0.503. The zero-order chi connectivity index (χ0) is 13.1. The summed E-state index contributed by atoms with van der Waals surface area (Å²) < 4.78 is 1.34. The van der Waals surface area contributed by atoms with Gasteiger partial charge in [-0.15, -0.1) is 0 Å². The van der Waals surface area contributed by atoms with Crippen molar-refractivity contribution in [3.8, 4) is 0 Å². The molecule has 0 aliphatic heterocycles. The number of nitrogens with two attached hydrogens (primary N) is 1. The average Bonchev–Trinajstić information content (AvgIpc) is 3.02. The van der Waals surface area contributed by atoms with E-state index in [1.807, 2.05) is 0 Å². The summed E-state index contributed by atoms with van der Waals surface area (Å²) in [4.78, 5) is 23.3. The van der Waals surface area contributed by atoms with Crippen LogP contribution in [0.1, 0.15) is 26.2 Å². The van der Waals surface area contributed by atoms with E-state index in [-0.39, 0.29) is 18.0 Å². The molecule has 18 heavy (non-hydrogen) atoms. The Morgan fingerprint density at radius 3 is 3.06 bits per heavy atom. The van der Waals surface area contributed by atoms with E-state index in [4.69, 9.17) is 5.73 Å². The number of nitrogens with one attached hydrogen (secondary N) is 1. The summed E-state index contributed by atoms with van der Waals surface area (Å²) in [5.41, 5.74) is 5.86. The van der Waals surface area contributed by atoms with Gasteiger partial charge in [0.1, 0.15) is 6.54 Å². The summed E-state index contributed by atoms with van der Waals surface area (Å²) in [7, 11) is 0. The van der Waals surface area contributed by atoms with Crippen LogP contribution in [0.2, 0.25) is 0 Å². The molecule has 0 aromatic carbocycles. The molecule has 98 valence electrons. The van der Waals surface area contributed by atoms with Crippen molar-refractivity contribution in [2.75, 3.05) is 5.73 Å². The summed E-state index contributed by atoms with van der Waals surface area (Å²) in [6.07, 6.45) is 4.86. The van der Waals surface area contributed by atoms with Crippen molar-refractivity contribution in [3.63, 3.8) is 0 Å². The molecule has 1 amide bonds. The Hall–Kier alpha value is -1.78. The van der Waals surface area contributed by atoms with Crippen molar-refractivity contribution >= 4 is 11.6 Å². The first-order chi connectivity index (χ1) is 8.60. The minimum absolute atomic E-state index is 0.0409. The van der Waals surface area contributed by atoms with Crippen molar-refractivity contribution in [1.82, 2.24) is 9.88 Å². The van der Waals surface area contributed by atoms with Crippen LogP contribution < -0.4 is 16.6 Å². The van der Waals surface area contributed by atoms with Crippen LogP contribution in [0, 0.1) is 5.92 Å². The Morgan fingerprint density at radius 2 is 2.33 bits per heavy atom. The van der Waals surface area contributed by atoms with E-state index in [1.165, 1.54) is 22.9 Å². The highest BCUT2D eigenvalue weighted by Crippen LogP contribution is 2.34. The highest BCUT2D eigenvalue weighted by atomic mass is 16.2. The molecular formula is C13H19N3O2.